The van der Waals surface area contributed by atoms with Crippen LogP contribution in [-0.2, 0) is 16.0 Å². The van der Waals surface area contributed by atoms with Gasteiger partial charge in [-0.1, -0.05) is 12.1 Å². The molecular formula is C14H17NO4. The Labute approximate surface area is 111 Å². The zero-order chi connectivity index (χ0) is 13.8. The standard InChI is InChI=1S/C14H17NO4/c1-2-19-14(16)12-8-11(9-12)7-10-3-5-13(6-4-10)15(17)18/h3-6,11-12H,2,7-9H2,1H3. The topological polar surface area (TPSA) is 69.4 Å². The van der Waals surface area contributed by atoms with Crippen molar-refractivity contribution in [3.8, 4) is 0 Å². The van der Waals surface area contributed by atoms with Gasteiger partial charge in [-0.2, -0.15) is 0 Å². The van der Waals surface area contributed by atoms with E-state index in [4.69, 9.17) is 4.74 Å². The van der Waals surface area contributed by atoms with E-state index in [2.05, 4.69) is 0 Å². The van der Waals surface area contributed by atoms with Gasteiger partial charge in [0.05, 0.1) is 17.4 Å². The zero-order valence-electron chi connectivity index (χ0n) is 10.9. The number of benzene rings is 1. The first-order chi connectivity index (χ1) is 9.10. The van der Waals surface area contributed by atoms with Crippen molar-refractivity contribution in [2.45, 2.75) is 26.2 Å². The molecule has 1 aromatic rings. The molecule has 0 bridgehead atoms. The third kappa shape index (κ3) is 3.30. The van der Waals surface area contributed by atoms with Crippen LogP contribution < -0.4 is 0 Å². The summed E-state index contributed by atoms with van der Waals surface area (Å²) in [5, 5.41) is 10.5. The van der Waals surface area contributed by atoms with Gasteiger partial charge in [-0.3, -0.25) is 14.9 Å². The predicted molar refractivity (Wildman–Crippen MR) is 69.6 cm³/mol. The number of rotatable bonds is 5. The number of hydrogen-bond donors (Lipinski definition) is 0. The van der Waals surface area contributed by atoms with Crippen molar-refractivity contribution in [3.05, 3.63) is 39.9 Å². The fraction of sp³-hybridized carbons (Fsp3) is 0.500. The number of non-ortho nitro benzene ring substituents is 1. The van der Waals surface area contributed by atoms with Crippen molar-refractivity contribution < 1.29 is 14.5 Å². The monoisotopic (exact) mass is 263 g/mol. The van der Waals surface area contributed by atoms with Crippen LogP contribution in [0.3, 0.4) is 0 Å². The summed E-state index contributed by atoms with van der Waals surface area (Å²) in [5.74, 6) is 0.432. The maximum absolute atomic E-state index is 11.4. The first kappa shape index (κ1) is 13.5. The molecule has 0 saturated heterocycles. The molecule has 1 aromatic carbocycles. The number of carbonyl (C=O) groups excluding carboxylic acids is 1. The molecule has 1 fully saturated rings. The van der Waals surface area contributed by atoms with E-state index in [-0.39, 0.29) is 17.6 Å². The van der Waals surface area contributed by atoms with Gasteiger partial charge in [0.2, 0.25) is 0 Å². The summed E-state index contributed by atoms with van der Waals surface area (Å²) in [7, 11) is 0. The molecule has 1 aliphatic carbocycles. The van der Waals surface area contributed by atoms with Crippen molar-refractivity contribution in [1.29, 1.82) is 0 Å². The molecule has 19 heavy (non-hydrogen) atoms. The van der Waals surface area contributed by atoms with E-state index in [9.17, 15) is 14.9 Å². The van der Waals surface area contributed by atoms with Gasteiger partial charge in [-0.25, -0.2) is 0 Å². The van der Waals surface area contributed by atoms with E-state index in [1.54, 1.807) is 12.1 Å². The van der Waals surface area contributed by atoms with Crippen LogP contribution in [0, 0.1) is 22.0 Å². The van der Waals surface area contributed by atoms with Gasteiger partial charge in [0, 0.05) is 12.1 Å². The Hall–Kier alpha value is -1.91. The minimum absolute atomic E-state index is 0.0444. The lowest BCUT2D eigenvalue weighted by Crippen LogP contribution is -2.33. The molecule has 0 radical (unpaired) electrons. The second-order valence-corrected chi connectivity index (χ2v) is 4.91. The first-order valence-electron chi connectivity index (χ1n) is 6.50. The van der Waals surface area contributed by atoms with E-state index < -0.39 is 4.92 Å². The Morgan fingerprint density at radius 3 is 2.53 bits per heavy atom. The molecule has 0 aliphatic heterocycles. The van der Waals surface area contributed by atoms with Crippen LogP contribution in [0.2, 0.25) is 0 Å². The number of ether oxygens (including phenoxy) is 1. The molecule has 0 aromatic heterocycles. The predicted octanol–water partition coefficient (Wildman–Crippen LogP) is 2.73. The Bertz CT molecular complexity index is 463. The lowest BCUT2D eigenvalue weighted by Gasteiger charge is -2.33. The average Bonchev–Trinajstić information content (AvgIpc) is 2.34. The summed E-state index contributed by atoms with van der Waals surface area (Å²) >= 11 is 0. The number of nitrogens with zero attached hydrogens (tertiary/aromatic N) is 1. The van der Waals surface area contributed by atoms with E-state index in [0.717, 1.165) is 24.8 Å². The first-order valence-corrected chi connectivity index (χ1v) is 6.50. The Morgan fingerprint density at radius 1 is 1.37 bits per heavy atom. The lowest BCUT2D eigenvalue weighted by molar-refractivity contribution is -0.384. The smallest absolute Gasteiger partial charge is 0.308 e. The van der Waals surface area contributed by atoms with Gasteiger partial charge in [-0.05, 0) is 37.7 Å². The molecule has 0 atom stereocenters. The fourth-order valence-electron chi connectivity index (χ4n) is 2.44. The SMILES string of the molecule is CCOC(=O)C1CC(Cc2ccc([N+](=O)[O-])cc2)C1. The summed E-state index contributed by atoms with van der Waals surface area (Å²) in [4.78, 5) is 21.6. The van der Waals surface area contributed by atoms with Gasteiger partial charge in [0.15, 0.2) is 0 Å². The van der Waals surface area contributed by atoms with Crippen LogP contribution in [0.5, 0.6) is 0 Å². The van der Waals surface area contributed by atoms with Crippen molar-refractivity contribution in [3.63, 3.8) is 0 Å². The fourth-order valence-corrected chi connectivity index (χ4v) is 2.44. The highest BCUT2D eigenvalue weighted by Gasteiger charge is 2.35. The van der Waals surface area contributed by atoms with Crippen LogP contribution in [-0.4, -0.2) is 17.5 Å². The highest BCUT2D eigenvalue weighted by molar-refractivity contribution is 5.73. The molecule has 1 aliphatic rings. The van der Waals surface area contributed by atoms with Crippen molar-refractivity contribution in [2.75, 3.05) is 6.61 Å². The van der Waals surface area contributed by atoms with Gasteiger partial charge < -0.3 is 4.74 Å². The molecule has 0 amide bonds. The third-order valence-electron chi connectivity index (χ3n) is 3.53. The van der Waals surface area contributed by atoms with Crippen molar-refractivity contribution >= 4 is 11.7 Å². The molecule has 5 nitrogen and oxygen atoms in total. The minimum atomic E-state index is -0.399. The number of hydrogen-bond acceptors (Lipinski definition) is 4. The van der Waals surface area contributed by atoms with Gasteiger partial charge in [-0.15, -0.1) is 0 Å². The van der Waals surface area contributed by atoms with Crippen LogP contribution >= 0.6 is 0 Å². The number of esters is 1. The number of nitro benzene ring substituents is 1. The molecule has 0 N–H and O–H groups in total. The maximum Gasteiger partial charge on any atom is 0.308 e. The van der Waals surface area contributed by atoms with Gasteiger partial charge in [0.1, 0.15) is 0 Å². The molecule has 1 saturated carbocycles. The van der Waals surface area contributed by atoms with E-state index in [1.807, 2.05) is 6.92 Å². The minimum Gasteiger partial charge on any atom is -0.466 e. The molecular weight excluding hydrogens is 246 g/mol. The van der Waals surface area contributed by atoms with Crippen LogP contribution in [0.1, 0.15) is 25.3 Å². The van der Waals surface area contributed by atoms with Crippen LogP contribution in [0.4, 0.5) is 5.69 Å². The normalized spacial score (nSPS) is 21.5. The summed E-state index contributed by atoms with van der Waals surface area (Å²) in [6, 6.07) is 6.62. The summed E-state index contributed by atoms with van der Waals surface area (Å²) in [5.41, 5.74) is 1.19. The van der Waals surface area contributed by atoms with E-state index in [0.29, 0.717) is 12.5 Å². The summed E-state index contributed by atoms with van der Waals surface area (Å²) in [6.07, 6.45) is 2.58. The number of nitro groups is 1. The highest BCUT2D eigenvalue weighted by atomic mass is 16.6. The molecule has 0 heterocycles. The Morgan fingerprint density at radius 2 is 2.00 bits per heavy atom. The van der Waals surface area contributed by atoms with Gasteiger partial charge in [0.25, 0.3) is 5.69 Å². The quantitative estimate of drug-likeness (QED) is 0.465. The second kappa shape index (κ2) is 5.82. The molecule has 2 rings (SSSR count). The Kier molecular flexibility index (Phi) is 4.14. The largest absolute Gasteiger partial charge is 0.466 e. The Balaban J connectivity index is 1.81. The molecule has 102 valence electrons. The van der Waals surface area contributed by atoms with Crippen LogP contribution in [0.25, 0.3) is 0 Å². The van der Waals surface area contributed by atoms with Gasteiger partial charge >= 0.3 is 5.97 Å². The second-order valence-electron chi connectivity index (χ2n) is 4.91. The van der Waals surface area contributed by atoms with E-state index in [1.165, 1.54) is 12.1 Å². The van der Waals surface area contributed by atoms with E-state index >= 15 is 0 Å². The molecule has 0 spiro atoms. The highest BCUT2D eigenvalue weighted by Crippen LogP contribution is 2.37. The van der Waals surface area contributed by atoms with Crippen molar-refractivity contribution in [1.82, 2.24) is 0 Å². The molecule has 0 unspecified atom stereocenters. The lowest BCUT2D eigenvalue weighted by atomic mass is 9.72. The average molecular weight is 263 g/mol. The summed E-state index contributed by atoms with van der Waals surface area (Å²) < 4.78 is 4.97. The maximum atomic E-state index is 11.4. The van der Waals surface area contributed by atoms with Crippen LogP contribution in [0.15, 0.2) is 24.3 Å². The third-order valence-corrected chi connectivity index (χ3v) is 3.53. The molecule has 5 heteroatoms. The number of carbonyl (C=O) groups is 1. The summed E-state index contributed by atoms with van der Waals surface area (Å²) in [6.45, 7) is 2.24. The van der Waals surface area contributed by atoms with Crippen molar-refractivity contribution in [2.24, 2.45) is 11.8 Å². The zero-order valence-corrected chi connectivity index (χ0v) is 10.9.